The number of hydrogen-bond donors (Lipinski definition) is 2. The van der Waals surface area contributed by atoms with Gasteiger partial charge in [0.15, 0.2) is 0 Å². The number of hydrogen-bond acceptors (Lipinski definition) is 4. The molecule has 0 aromatic heterocycles. The van der Waals surface area contributed by atoms with Crippen LogP contribution in [0.1, 0.15) is 47.0 Å². The molecule has 2 bridgehead atoms. The summed E-state index contributed by atoms with van der Waals surface area (Å²) in [5.41, 5.74) is -0.432. The van der Waals surface area contributed by atoms with Gasteiger partial charge in [-0.15, -0.1) is 0 Å². The van der Waals surface area contributed by atoms with Crippen LogP contribution in [0.4, 0.5) is 4.79 Å². The molecule has 4 unspecified atom stereocenters. The number of carbonyl (C=O) groups excluding carboxylic acids is 1. The van der Waals surface area contributed by atoms with Gasteiger partial charge in [0, 0.05) is 24.7 Å². The lowest BCUT2D eigenvalue weighted by Crippen LogP contribution is -2.42. The fraction of sp³-hybridized carbons (Fsp3) is 0.933. The molecule has 2 aliphatic heterocycles. The predicted octanol–water partition coefficient (Wildman–Crippen LogP) is 1.74. The van der Waals surface area contributed by atoms with E-state index in [2.05, 4.69) is 5.32 Å². The maximum absolute atomic E-state index is 12.3. The Labute approximate surface area is 121 Å². The third kappa shape index (κ3) is 3.44. The molecule has 2 N–H and O–H groups in total. The van der Waals surface area contributed by atoms with Crippen LogP contribution in [0.15, 0.2) is 0 Å². The molecule has 5 nitrogen and oxygen atoms in total. The van der Waals surface area contributed by atoms with Crippen LogP contribution in [0.25, 0.3) is 0 Å². The minimum atomic E-state index is -0.432. The molecule has 20 heavy (non-hydrogen) atoms. The van der Waals surface area contributed by atoms with E-state index in [1.165, 1.54) is 0 Å². The molecule has 0 radical (unpaired) electrons. The summed E-state index contributed by atoms with van der Waals surface area (Å²) in [6.45, 7) is 8.71. The van der Waals surface area contributed by atoms with Crippen molar-refractivity contribution >= 4 is 6.09 Å². The number of carbonyl (C=O) groups is 1. The van der Waals surface area contributed by atoms with Crippen LogP contribution in [0.2, 0.25) is 0 Å². The Kier molecular flexibility index (Phi) is 4.59. The third-order valence-electron chi connectivity index (χ3n) is 4.27. The van der Waals surface area contributed by atoms with Gasteiger partial charge < -0.3 is 20.1 Å². The molecule has 0 spiro atoms. The molecule has 0 saturated carbocycles. The second kappa shape index (κ2) is 5.90. The highest BCUT2D eigenvalue weighted by Crippen LogP contribution is 2.42. The van der Waals surface area contributed by atoms with E-state index >= 15 is 0 Å². The van der Waals surface area contributed by atoms with Crippen molar-refractivity contribution in [3.63, 3.8) is 0 Å². The van der Waals surface area contributed by atoms with E-state index in [1.54, 1.807) is 0 Å². The summed E-state index contributed by atoms with van der Waals surface area (Å²) in [6, 6.07) is 0.753. The molecule has 4 atom stereocenters. The van der Waals surface area contributed by atoms with E-state index in [-0.39, 0.29) is 18.7 Å². The van der Waals surface area contributed by atoms with Crippen molar-refractivity contribution in [2.24, 2.45) is 5.92 Å². The van der Waals surface area contributed by atoms with E-state index in [4.69, 9.17) is 9.84 Å². The molecule has 2 aliphatic rings. The number of aliphatic hydroxyl groups excluding tert-OH is 1. The number of nitrogens with one attached hydrogen (secondary N) is 1. The van der Waals surface area contributed by atoms with Crippen LogP contribution >= 0.6 is 0 Å². The highest BCUT2D eigenvalue weighted by Gasteiger charge is 2.49. The lowest BCUT2D eigenvalue weighted by atomic mass is 9.89. The molecule has 0 aromatic rings. The first-order chi connectivity index (χ1) is 9.31. The SMILES string of the molecule is CC(CO)NCC1CC2CCC1N2C(=O)OC(C)(C)C. The van der Waals surface area contributed by atoms with Gasteiger partial charge in [-0.1, -0.05) is 0 Å². The minimum Gasteiger partial charge on any atom is -0.444 e. The second-order valence-corrected chi connectivity index (χ2v) is 7.17. The van der Waals surface area contributed by atoms with E-state index in [0.29, 0.717) is 18.0 Å². The van der Waals surface area contributed by atoms with Crippen LogP contribution in [0.5, 0.6) is 0 Å². The quantitative estimate of drug-likeness (QED) is 0.825. The Bertz CT molecular complexity index is 354. The number of aliphatic hydroxyl groups is 1. The Hall–Kier alpha value is -0.810. The van der Waals surface area contributed by atoms with Gasteiger partial charge in [0.05, 0.1) is 6.61 Å². The number of ether oxygens (including phenoxy) is 1. The molecule has 2 rings (SSSR count). The Balaban J connectivity index is 1.92. The monoisotopic (exact) mass is 284 g/mol. The standard InChI is InChI=1S/C15H28N2O3/c1-10(9-18)16-8-11-7-12-5-6-13(11)17(12)14(19)20-15(2,3)4/h10-13,16,18H,5-9H2,1-4H3. The first-order valence-electron chi connectivity index (χ1n) is 7.67. The summed E-state index contributed by atoms with van der Waals surface area (Å²) in [5, 5.41) is 12.4. The van der Waals surface area contributed by atoms with Crippen molar-refractivity contribution in [1.29, 1.82) is 0 Å². The van der Waals surface area contributed by atoms with Gasteiger partial charge in [-0.3, -0.25) is 0 Å². The van der Waals surface area contributed by atoms with Gasteiger partial charge in [0.2, 0.25) is 0 Å². The summed E-state index contributed by atoms with van der Waals surface area (Å²) in [6.07, 6.45) is 3.05. The Morgan fingerprint density at radius 3 is 2.75 bits per heavy atom. The lowest BCUT2D eigenvalue weighted by molar-refractivity contribution is 0.0205. The van der Waals surface area contributed by atoms with Crippen molar-refractivity contribution in [3.8, 4) is 0 Å². The Morgan fingerprint density at radius 1 is 1.45 bits per heavy atom. The van der Waals surface area contributed by atoms with Crippen molar-refractivity contribution in [1.82, 2.24) is 10.2 Å². The predicted molar refractivity (Wildman–Crippen MR) is 77.5 cm³/mol. The van der Waals surface area contributed by atoms with E-state index in [1.807, 2.05) is 32.6 Å². The maximum atomic E-state index is 12.3. The average Bonchev–Trinajstić information content (AvgIpc) is 2.90. The topological polar surface area (TPSA) is 61.8 Å². The van der Waals surface area contributed by atoms with Crippen LogP contribution in [0, 0.1) is 5.92 Å². The van der Waals surface area contributed by atoms with Gasteiger partial charge in [-0.2, -0.15) is 0 Å². The normalized spacial score (nSPS) is 30.6. The van der Waals surface area contributed by atoms with Gasteiger partial charge in [-0.25, -0.2) is 4.79 Å². The molecule has 0 aromatic carbocycles. The number of amides is 1. The first kappa shape index (κ1) is 15.6. The van der Waals surface area contributed by atoms with Gasteiger partial charge in [0.1, 0.15) is 5.60 Å². The van der Waals surface area contributed by atoms with Crippen LogP contribution in [-0.4, -0.2) is 53.0 Å². The fourth-order valence-electron chi connectivity index (χ4n) is 3.35. The van der Waals surface area contributed by atoms with Crippen LogP contribution in [0.3, 0.4) is 0 Å². The van der Waals surface area contributed by atoms with Gasteiger partial charge in [0.25, 0.3) is 0 Å². The van der Waals surface area contributed by atoms with Crippen LogP contribution in [-0.2, 0) is 4.74 Å². The van der Waals surface area contributed by atoms with Gasteiger partial charge >= 0.3 is 6.09 Å². The molecule has 116 valence electrons. The summed E-state index contributed by atoms with van der Waals surface area (Å²) in [5.74, 6) is 0.482. The summed E-state index contributed by atoms with van der Waals surface area (Å²) in [7, 11) is 0. The van der Waals surface area contributed by atoms with Crippen LogP contribution < -0.4 is 5.32 Å². The molecule has 2 saturated heterocycles. The fourth-order valence-corrected chi connectivity index (χ4v) is 3.35. The molecule has 1 amide bonds. The number of fused-ring (bicyclic) bond motifs is 2. The minimum absolute atomic E-state index is 0.115. The van der Waals surface area contributed by atoms with Crippen molar-refractivity contribution in [2.75, 3.05) is 13.2 Å². The smallest absolute Gasteiger partial charge is 0.410 e. The van der Waals surface area contributed by atoms with Crippen molar-refractivity contribution in [3.05, 3.63) is 0 Å². The molecule has 5 heteroatoms. The number of nitrogens with zero attached hydrogens (tertiary/aromatic N) is 1. The largest absolute Gasteiger partial charge is 0.444 e. The Morgan fingerprint density at radius 2 is 2.15 bits per heavy atom. The zero-order chi connectivity index (χ0) is 14.9. The molecular formula is C15H28N2O3. The van der Waals surface area contributed by atoms with Crippen molar-refractivity contribution in [2.45, 2.75) is 70.7 Å². The lowest BCUT2D eigenvalue weighted by Gasteiger charge is -2.28. The van der Waals surface area contributed by atoms with E-state index < -0.39 is 5.60 Å². The summed E-state index contributed by atoms with van der Waals surface area (Å²) >= 11 is 0. The zero-order valence-corrected chi connectivity index (χ0v) is 13.1. The highest BCUT2D eigenvalue weighted by molar-refractivity contribution is 5.70. The average molecular weight is 284 g/mol. The van der Waals surface area contributed by atoms with Gasteiger partial charge in [-0.05, 0) is 52.9 Å². The molecular weight excluding hydrogens is 256 g/mol. The summed E-state index contributed by atoms with van der Waals surface area (Å²) in [4.78, 5) is 14.3. The highest BCUT2D eigenvalue weighted by atomic mass is 16.6. The zero-order valence-electron chi connectivity index (χ0n) is 13.1. The first-order valence-corrected chi connectivity index (χ1v) is 7.67. The molecule has 0 aliphatic carbocycles. The third-order valence-corrected chi connectivity index (χ3v) is 4.27. The summed E-state index contributed by atoms with van der Waals surface area (Å²) < 4.78 is 5.52. The van der Waals surface area contributed by atoms with E-state index in [9.17, 15) is 4.79 Å². The second-order valence-electron chi connectivity index (χ2n) is 7.17. The number of rotatable bonds is 4. The molecule has 2 fully saturated rings. The maximum Gasteiger partial charge on any atom is 0.410 e. The molecule has 2 heterocycles. The van der Waals surface area contributed by atoms with E-state index in [0.717, 1.165) is 25.8 Å². The van der Waals surface area contributed by atoms with Crippen molar-refractivity contribution < 1.29 is 14.6 Å².